The monoisotopic (exact) mass is 293 g/mol. The molecule has 1 aliphatic rings. The maximum absolute atomic E-state index is 12.0. The maximum Gasteiger partial charge on any atom is 0.326 e. The van der Waals surface area contributed by atoms with E-state index in [9.17, 15) is 19.8 Å². The van der Waals surface area contributed by atoms with Crippen LogP contribution in [0.2, 0.25) is 0 Å². The summed E-state index contributed by atoms with van der Waals surface area (Å²) in [5.74, 6) is -1.35. The fourth-order valence-electron chi connectivity index (χ4n) is 2.28. The summed E-state index contributed by atoms with van der Waals surface area (Å²) < 4.78 is 5.35. The molecule has 1 aromatic carbocycles. The van der Waals surface area contributed by atoms with Crippen LogP contribution in [0.25, 0.3) is 0 Å². The van der Waals surface area contributed by atoms with Gasteiger partial charge in [0.2, 0.25) is 5.91 Å². The number of phenols is 1. The molecule has 21 heavy (non-hydrogen) atoms. The number of aliphatic carboxylic acids is 1. The summed E-state index contributed by atoms with van der Waals surface area (Å²) >= 11 is 0. The first kappa shape index (κ1) is 15.3. The number of nitrogens with one attached hydrogen (secondary N) is 1. The number of ether oxygens (including phenoxy) is 1. The van der Waals surface area contributed by atoms with Crippen molar-refractivity contribution in [1.29, 1.82) is 0 Å². The van der Waals surface area contributed by atoms with Crippen LogP contribution < -0.4 is 5.32 Å². The molecule has 6 nitrogen and oxygen atoms in total. The van der Waals surface area contributed by atoms with E-state index in [0.29, 0.717) is 13.0 Å². The predicted octanol–water partition coefficient (Wildman–Crippen LogP) is 1.07. The fraction of sp³-hybridized carbons (Fsp3) is 0.467. The van der Waals surface area contributed by atoms with Crippen LogP contribution in [-0.4, -0.2) is 40.8 Å². The summed E-state index contributed by atoms with van der Waals surface area (Å²) in [6.45, 7) is 0.536. The Kier molecular flexibility index (Phi) is 5.16. The average molecular weight is 293 g/mol. The molecule has 3 N–H and O–H groups in total. The molecule has 1 heterocycles. The van der Waals surface area contributed by atoms with E-state index in [-0.39, 0.29) is 18.1 Å². The van der Waals surface area contributed by atoms with E-state index in [1.165, 1.54) is 12.1 Å². The number of hydrogen-bond donors (Lipinski definition) is 3. The molecule has 0 aliphatic carbocycles. The number of aromatic hydroxyl groups is 1. The van der Waals surface area contributed by atoms with Crippen LogP contribution >= 0.6 is 0 Å². The van der Waals surface area contributed by atoms with E-state index in [1.807, 2.05) is 0 Å². The zero-order chi connectivity index (χ0) is 15.2. The minimum atomic E-state index is -1.09. The second kappa shape index (κ2) is 7.08. The molecule has 2 unspecified atom stereocenters. The lowest BCUT2D eigenvalue weighted by Gasteiger charge is -2.23. The molecular formula is C15H19NO5. The van der Waals surface area contributed by atoms with Gasteiger partial charge in [-0.3, -0.25) is 4.79 Å². The molecular weight excluding hydrogens is 274 g/mol. The molecule has 6 heteroatoms. The minimum absolute atomic E-state index is 0.116. The summed E-state index contributed by atoms with van der Waals surface area (Å²) in [4.78, 5) is 23.3. The number of benzene rings is 1. The third-order valence-corrected chi connectivity index (χ3v) is 3.46. The van der Waals surface area contributed by atoms with Crippen molar-refractivity contribution in [3.63, 3.8) is 0 Å². The Balaban J connectivity index is 1.96. The first-order chi connectivity index (χ1) is 10.1. The molecule has 0 radical (unpaired) electrons. The standard InChI is InChI=1S/C15H19NO5/c17-11-6-4-10(5-7-11)9-12(15(19)20)16-14(18)13-3-1-2-8-21-13/h4-7,12-13,17H,1-3,8-9H2,(H,16,18)(H,19,20). The van der Waals surface area contributed by atoms with Gasteiger partial charge in [0.15, 0.2) is 0 Å². The number of amides is 1. The predicted molar refractivity (Wildman–Crippen MR) is 75.0 cm³/mol. The second-order valence-corrected chi connectivity index (χ2v) is 5.13. The van der Waals surface area contributed by atoms with E-state index in [4.69, 9.17) is 4.74 Å². The molecule has 0 bridgehead atoms. The van der Waals surface area contributed by atoms with Crippen LogP contribution in [0, 0.1) is 0 Å². The highest BCUT2D eigenvalue weighted by Crippen LogP contribution is 2.14. The first-order valence-electron chi connectivity index (χ1n) is 6.99. The summed E-state index contributed by atoms with van der Waals surface area (Å²) in [5.41, 5.74) is 0.727. The molecule has 1 aliphatic heterocycles. The molecule has 0 aromatic heterocycles. The van der Waals surface area contributed by atoms with Gasteiger partial charge in [0.25, 0.3) is 0 Å². The molecule has 1 saturated heterocycles. The zero-order valence-corrected chi connectivity index (χ0v) is 11.6. The van der Waals surface area contributed by atoms with Gasteiger partial charge in [-0.15, -0.1) is 0 Å². The van der Waals surface area contributed by atoms with Crippen LogP contribution in [0.15, 0.2) is 24.3 Å². The van der Waals surface area contributed by atoms with Gasteiger partial charge >= 0.3 is 5.97 Å². The minimum Gasteiger partial charge on any atom is -0.508 e. The Morgan fingerprint density at radius 1 is 1.29 bits per heavy atom. The van der Waals surface area contributed by atoms with Crippen molar-refractivity contribution in [2.24, 2.45) is 0 Å². The van der Waals surface area contributed by atoms with Crippen LogP contribution in [0.3, 0.4) is 0 Å². The summed E-state index contributed by atoms with van der Waals surface area (Å²) in [6, 6.07) is 5.23. The number of carboxylic acid groups (broad SMARTS) is 1. The van der Waals surface area contributed by atoms with Crippen molar-refractivity contribution in [2.75, 3.05) is 6.61 Å². The Morgan fingerprint density at radius 2 is 2.00 bits per heavy atom. The van der Waals surface area contributed by atoms with Crippen molar-refractivity contribution in [3.05, 3.63) is 29.8 Å². The molecule has 2 rings (SSSR count). The number of carboxylic acids is 1. The van der Waals surface area contributed by atoms with Gasteiger partial charge in [-0.05, 0) is 37.0 Å². The highest BCUT2D eigenvalue weighted by Gasteiger charge is 2.27. The van der Waals surface area contributed by atoms with Crippen molar-refractivity contribution in [2.45, 2.75) is 37.8 Å². The summed E-state index contributed by atoms with van der Waals surface area (Å²) in [6.07, 6.45) is 2.07. The van der Waals surface area contributed by atoms with Gasteiger partial charge in [0, 0.05) is 13.0 Å². The topological polar surface area (TPSA) is 95.9 Å². The largest absolute Gasteiger partial charge is 0.508 e. The maximum atomic E-state index is 12.0. The van der Waals surface area contributed by atoms with Crippen molar-refractivity contribution >= 4 is 11.9 Å². The average Bonchev–Trinajstić information content (AvgIpc) is 2.49. The number of carbonyl (C=O) groups excluding carboxylic acids is 1. The van der Waals surface area contributed by atoms with Crippen molar-refractivity contribution in [3.8, 4) is 5.75 Å². The van der Waals surface area contributed by atoms with Gasteiger partial charge < -0.3 is 20.3 Å². The molecule has 0 saturated carbocycles. The van der Waals surface area contributed by atoms with Crippen LogP contribution in [0.1, 0.15) is 24.8 Å². The number of hydrogen-bond acceptors (Lipinski definition) is 4. The summed E-state index contributed by atoms with van der Waals surface area (Å²) in [7, 11) is 0. The molecule has 1 amide bonds. The lowest BCUT2D eigenvalue weighted by atomic mass is 10.0. The zero-order valence-electron chi connectivity index (χ0n) is 11.6. The Labute approximate surface area is 122 Å². The Hall–Kier alpha value is -2.08. The lowest BCUT2D eigenvalue weighted by molar-refractivity contribution is -0.145. The normalized spacial score (nSPS) is 19.7. The van der Waals surface area contributed by atoms with E-state index < -0.39 is 18.1 Å². The van der Waals surface area contributed by atoms with E-state index >= 15 is 0 Å². The van der Waals surface area contributed by atoms with Gasteiger partial charge in [0.1, 0.15) is 17.9 Å². The molecule has 2 atom stereocenters. The van der Waals surface area contributed by atoms with Crippen LogP contribution in [-0.2, 0) is 20.7 Å². The number of phenolic OH excluding ortho intramolecular Hbond substituents is 1. The van der Waals surface area contributed by atoms with Crippen molar-refractivity contribution in [1.82, 2.24) is 5.32 Å². The Bertz CT molecular complexity index is 493. The third kappa shape index (κ3) is 4.46. The van der Waals surface area contributed by atoms with Crippen LogP contribution in [0.4, 0.5) is 0 Å². The quantitative estimate of drug-likeness (QED) is 0.755. The molecule has 0 spiro atoms. The second-order valence-electron chi connectivity index (χ2n) is 5.13. The van der Waals surface area contributed by atoms with Gasteiger partial charge in [-0.25, -0.2) is 4.79 Å². The van der Waals surface area contributed by atoms with Gasteiger partial charge in [-0.2, -0.15) is 0 Å². The molecule has 1 aromatic rings. The lowest BCUT2D eigenvalue weighted by Crippen LogP contribution is -2.48. The number of carbonyl (C=O) groups is 2. The smallest absolute Gasteiger partial charge is 0.326 e. The SMILES string of the molecule is O=C(O)C(Cc1ccc(O)cc1)NC(=O)C1CCCCO1. The third-order valence-electron chi connectivity index (χ3n) is 3.46. The first-order valence-corrected chi connectivity index (χ1v) is 6.99. The van der Waals surface area contributed by atoms with E-state index in [0.717, 1.165) is 18.4 Å². The fourth-order valence-corrected chi connectivity index (χ4v) is 2.28. The van der Waals surface area contributed by atoms with Gasteiger partial charge in [-0.1, -0.05) is 12.1 Å². The summed E-state index contributed by atoms with van der Waals surface area (Å²) in [5, 5.41) is 21.0. The number of rotatable bonds is 5. The molecule has 1 fully saturated rings. The van der Waals surface area contributed by atoms with Crippen LogP contribution in [0.5, 0.6) is 5.75 Å². The van der Waals surface area contributed by atoms with E-state index in [1.54, 1.807) is 12.1 Å². The van der Waals surface area contributed by atoms with Gasteiger partial charge in [0.05, 0.1) is 0 Å². The van der Waals surface area contributed by atoms with Crippen molar-refractivity contribution < 1.29 is 24.5 Å². The highest BCUT2D eigenvalue weighted by atomic mass is 16.5. The van der Waals surface area contributed by atoms with E-state index in [2.05, 4.69) is 5.32 Å². The Morgan fingerprint density at radius 3 is 2.57 bits per heavy atom. The highest BCUT2D eigenvalue weighted by molar-refractivity contribution is 5.86. The molecule has 114 valence electrons.